The highest BCUT2D eigenvalue weighted by molar-refractivity contribution is 7.91. The molecule has 6 nitrogen and oxygen atoms in total. The zero-order valence-corrected chi connectivity index (χ0v) is 18.0. The van der Waals surface area contributed by atoms with E-state index in [1.54, 1.807) is 0 Å². The van der Waals surface area contributed by atoms with E-state index in [-0.39, 0.29) is 48.3 Å². The van der Waals surface area contributed by atoms with Crippen LogP contribution in [0.5, 0.6) is 0 Å². The van der Waals surface area contributed by atoms with Crippen molar-refractivity contribution in [2.45, 2.75) is 25.9 Å². The molecular formula is C18H29Cl2N3O3S. The Kier molecular flexibility index (Phi) is 9.51. The Hall–Kier alpha value is -0.860. The van der Waals surface area contributed by atoms with Gasteiger partial charge < -0.3 is 10.6 Å². The van der Waals surface area contributed by atoms with Crippen molar-refractivity contribution in [3.8, 4) is 0 Å². The summed E-state index contributed by atoms with van der Waals surface area (Å²) in [6.07, 6.45) is 1.07. The molecule has 2 unspecified atom stereocenters. The van der Waals surface area contributed by atoms with Crippen molar-refractivity contribution in [2.75, 3.05) is 37.7 Å². The fourth-order valence-electron chi connectivity index (χ4n) is 3.41. The van der Waals surface area contributed by atoms with Gasteiger partial charge in [0.15, 0.2) is 9.84 Å². The van der Waals surface area contributed by atoms with E-state index in [0.717, 1.165) is 25.1 Å². The van der Waals surface area contributed by atoms with Crippen LogP contribution in [0.15, 0.2) is 24.3 Å². The summed E-state index contributed by atoms with van der Waals surface area (Å²) in [6.45, 7) is 5.79. The molecule has 0 aliphatic carbocycles. The number of benzene rings is 1. The van der Waals surface area contributed by atoms with Gasteiger partial charge in [0.2, 0.25) is 0 Å². The summed E-state index contributed by atoms with van der Waals surface area (Å²) in [5, 5.41) is 6.46. The molecule has 0 aromatic heterocycles. The molecule has 0 radical (unpaired) electrons. The Bertz CT molecular complexity index is 716. The topological polar surface area (TPSA) is 78.5 Å². The minimum Gasteiger partial charge on any atom is -0.348 e. The molecule has 2 atom stereocenters. The van der Waals surface area contributed by atoms with E-state index in [4.69, 9.17) is 0 Å². The quantitative estimate of drug-likeness (QED) is 0.745. The summed E-state index contributed by atoms with van der Waals surface area (Å²) in [5.74, 6) is 0.881. The third kappa shape index (κ3) is 6.91. The van der Waals surface area contributed by atoms with Crippen molar-refractivity contribution < 1.29 is 13.2 Å². The number of hydrogen-bond acceptors (Lipinski definition) is 5. The molecule has 2 fully saturated rings. The number of nitrogens with zero attached hydrogens (tertiary/aromatic N) is 1. The monoisotopic (exact) mass is 437 g/mol. The van der Waals surface area contributed by atoms with Crippen molar-refractivity contribution in [1.82, 2.24) is 15.5 Å². The second-order valence-corrected chi connectivity index (χ2v) is 9.48. The van der Waals surface area contributed by atoms with Crippen LogP contribution in [0.2, 0.25) is 0 Å². The lowest BCUT2D eigenvalue weighted by molar-refractivity contribution is 0.0915. The average molecular weight is 438 g/mol. The molecule has 154 valence electrons. The van der Waals surface area contributed by atoms with Gasteiger partial charge in [0.05, 0.1) is 11.5 Å². The number of sulfone groups is 1. The smallest absolute Gasteiger partial charge is 0.251 e. The number of halogens is 2. The summed E-state index contributed by atoms with van der Waals surface area (Å²) in [7, 11) is -2.86. The average Bonchev–Trinajstić information content (AvgIpc) is 2.59. The maximum atomic E-state index is 12.6. The van der Waals surface area contributed by atoms with Crippen molar-refractivity contribution in [1.29, 1.82) is 0 Å². The lowest BCUT2D eigenvalue weighted by Gasteiger charge is -2.30. The standard InChI is InChI=1S/C18H27N3O3S.2ClH/c1-14-5-6-19-12-17(14)20-18(22)16-4-2-3-15(11-16)13-21-7-9-25(23,24)10-8-21;;/h2-4,11,14,17,19H,5-10,12-13H2,1H3,(H,20,22);2*1H. The van der Waals surface area contributed by atoms with Crippen LogP contribution in [-0.2, 0) is 16.4 Å². The number of rotatable bonds is 4. The van der Waals surface area contributed by atoms with Gasteiger partial charge in [-0.15, -0.1) is 24.8 Å². The summed E-state index contributed by atoms with van der Waals surface area (Å²) in [5.41, 5.74) is 1.71. The predicted molar refractivity (Wildman–Crippen MR) is 113 cm³/mol. The van der Waals surface area contributed by atoms with Crippen LogP contribution < -0.4 is 10.6 Å². The molecule has 1 aromatic carbocycles. The van der Waals surface area contributed by atoms with Crippen LogP contribution >= 0.6 is 24.8 Å². The van der Waals surface area contributed by atoms with Crippen LogP contribution in [0.4, 0.5) is 0 Å². The van der Waals surface area contributed by atoms with Gasteiger partial charge >= 0.3 is 0 Å². The summed E-state index contributed by atoms with van der Waals surface area (Å²) in [6, 6.07) is 7.80. The summed E-state index contributed by atoms with van der Waals surface area (Å²) in [4.78, 5) is 14.7. The van der Waals surface area contributed by atoms with Crippen molar-refractivity contribution in [3.63, 3.8) is 0 Å². The van der Waals surface area contributed by atoms with E-state index < -0.39 is 9.84 Å². The van der Waals surface area contributed by atoms with Gasteiger partial charge in [-0.1, -0.05) is 19.1 Å². The Balaban J connectivity index is 0.00000182. The normalized spacial score (nSPS) is 24.9. The third-order valence-electron chi connectivity index (χ3n) is 5.18. The third-order valence-corrected chi connectivity index (χ3v) is 6.79. The zero-order valence-electron chi connectivity index (χ0n) is 15.5. The molecule has 2 N–H and O–H groups in total. The molecule has 2 aliphatic rings. The van der Waals surface area contributed by atoms with E-state index in [9.17, 15) is 13.2 Å². The maximum absolute atomic E-state index is 12.6. The molecule has 27 heavy (non-hydrogen) atoms. The zero-order chi connectivity index (χ0) is 17.9. The Morgan fingerprint density at radius 1 is 1.26 bits per heavy atom. The molecular weight excluding hydrogens is 409 g/mol. The highest BCUT2D eigenvalue weighted by Gasteiger charge is 2.24. The number of amides is 1. The first-order valence-electron chi connectivity index (χ1n) is 8.96. The van der Waals surface area contributed by atoms with Gasteiger partial charge in [0.25, 0.3) is 5.91 Å². The lowest BCUT2D eigenvalue weighted by atomic mass is 9.94. The highest BCUT2D eigenvalue weighted by Crippen LogP contribution is 2.14. The molecule has 2 aliphatic heterocycles. The van der Waals surface area contributed by atoms with E-state index in [2.05, 4.69) is 22.5 Å². The predicted octanol–water partition coefficient (Wildman–Crippen LogP) is 1.49. The Labute approximate surface area is 174 Å². The molecule has 2 saturated heterocycles. The van der Waals surface area contributed by atoms with E-state index in [0.29, 0.717) is 31.1 Å². The largest absolute Gasteiger partial charge is 0.348 e. The molecule has 1 aromatic rings. The van der Waals surface area contributed by atoms with Gasteiger partial charge in [-0.25, -0.2) is 8.42 Å². The van der Waals surface area contributed by atoms with Crippen LogP contribution in [0.3, 0.4) is 0 Å². The van der Waals surface area contributed by atoms with Gasteiger partial charge in [0.1, 0.15) is 0 Å². The molecule has 2 heterocycles. The summed E-state index contributed by atoms with van der Waals surface area (Å²) >= 11 is 0. The first-order chi connectivity index (χ1) is 11.9. The molecule has 0 saturated carbocycles. The Morgan fingerprint density at radius 3 is 2.63 bits per heavy atom. The van der Waals surface area contributed by atoms with Crippen LogP contribution in [0.1, 0.15) is 29.3 Å². The summed E-state index contributed by atoms with van der Waals surface area (Å²) < 4.78 is 23.0. The van der Waals surface area contributed by atoms with E-state index in [1.165, 1.54) is 0 Å². The fourth-order valence-corrected chi connectivity index (χ4v) is 4.69. The molecule has 0 spiro atoms. The first-order valence-corrected chi connectivity index (χ1v) is 10.8. The minimum absolute atomic E-state index is 0. The number of piperidine rings is 1. The number of carbonyl (C=O) groups is 1. The lowest BCUT2D eigenvalue weighted by Crippen LogP contribution is -2.50. The second kappa shape index (κ2) is 10.6. The molecule has 9 heteroatoms. The van der Waals surface area contributed by atoms with E-state index >= 15 is 0 Å². The molecule has 0 bridgehead atoms. The van der Waals surface area contributed by atoms with Gasteiger partial charge in [-0.05, 0) is 36.6 Å². The molecule has 3 rings (SSSR count). The highest BCUT2D eigenvalue weighted by atomic mass is 35.5. The minimum atomic E-state index is -2.86. The van der Waals surface area contributed by atoms with E-state index in [1.807, 2.05) is 24.3 Å². The van der Waals surface area contributed by atoms with Gasteiger partial charge in [-0.2, -0.15) is 0 Å². The Morgan fingerprint density at radius 2 is 1.96 bits per heavy atom. The second-order valence-electron chi connectivity index (χ2n) is 7.18. The fraction of sp³-hybridized carbons (Fsp3) is 0.611. The maximum Gasteiger partial charge on any atom is 0.251 e. The SMILES string of the molecule is CC1CCNCC1NC(=O)c1cccc(CN2CCS(=O)(=O)CC2)c1.Cl.Cl. The number of carbonyl (C=O) groups excluding carboxylic acids is 1. The van der Waals surface area contributed by atoms with Crippen molar-refractivity contribution in [3.05, 3.63) is 35.4 Å². The van der Waals surface area contributed by atoms with Crippen molar-refractivity contribution >= 4 is 40.6 Å². The number of hydrogen-bond donors (Lipinski definition) is 2. The number of nitrogens with one attached hydrogen (secondary N) is 2. The first kappa shape index (κ1) is 24.2. The van der Waals surface area contributed by atoms with Crippen LogP contribution in [0, 0.1) is 5.92 Å². The van der Waals surface area contributed by atoms with Crippen LogP contribution in [-0.4, -0.2) is 63.0 Å². The molecule has 1 amide bonds. The van der Waals surface area contributed by atoms with Gasteiger partial charge in [-0.3, -0.25) is 9.69 Å². The van der Waals surface area contributed by atoms with Gasteiger partial charge in [0, 0.05) is 37.8 Å². The van der Waals surface area contributed by atoms with Crippen LogP contribution in [0.25, 0.3) is 0 Å². The van der Waals surface area contributed by atoms with Crippen molar-refractivity contribution in [2.24, 2.45) is 5.92 Å².